The van der Waals surface area contributed by atoms with E-state index in [1.807, 2.05) is 13.0 Å². The standard InChI is InChI=1S/C12H11NO3/c1-2-9-3-8(5-12(15)16)4-10(7-14)11(9)6-13/h3-4,7H,2,5H2,1H3,(H,15,16). The Balaban J connectivity index is 3.32. The van der Waals surface area contributed by atoms with Gasteiger partial charge in [0.25, 0.3) is 0 Å². The molecule has 0 spiro atoms. The number of carbonyl (C=O) groups excluding carboxylic acids is 1. The topological polar surface area (TPSA) is 78.2 Å². The SMILES string of the molecule is CCc1cc(CC(=O)O)cc(C=O)c1C#N. The molecule has 0 amide bonds. The molecule has 0 bridgehead atoms. The van der Waals surface area contributed by atoms with Gasteiger partial charge in [0, 0.05) is 5.56 Å². The zero-order chi connectivity index (χ0) is 12.1. The van der Waals surface area contributed by atoms with Crippen molar-refractivity contribution in [3.05, 3.63) is 34.4 Å². The zero-order valence-corrected chi connectivity index (χ0v) is 8.86. The molecule has 0 unspecified atom stereocenters. The first-order valence-corrected chi connectivity index (χ1v) is 4.85. The minimum absolute atomic E-state index is 0.139. The van der Waals surface area contributed by atoms with Crippen LogP contribution in [0.4, 0.5) is 0 Å². The molecule has 0 aliphatic carbocycles. The fourth-order valence-electron chi connectivity index (χ4n) is 1.58. The highest BCUT2D eigenvalue weighted by Gasteiger charge is 2.10. The molecule has 0 atom stereocenters. The Hall–Kier alpha value is -2.15. The monoisotopic (exact) mass is 217 g/mol. The first-order valence-electron chi connectivity index (χ1n) is 4.85. The van der Waals surface area contributed by atoms with Crippen LogP contribution in [0.1, 0.15) is 34.0 Å². The third kappa shape index (κ3) is 2.45. The first-order chi connectivity index (χ1) is 7.62. The lowest BCUT2D eigenvalue weighted by molar-refractivity contribution is -0.136. The van der Waals surface area contributed by atoms with Gasteiger partial charge in [0.15, 0.2) is 6.29 Å². The van der Waals surface area contributed by atoms with Crippen molar-refractivity contribution >= 4 is 12.3 Å². The van der Waals surface area contributed by atoms with Gasteiger partial charge in [-0.3, -0.25) is 9.59 Å². The van der Waals surface area contributed by atoms with Crippen molar-refractivity contribution in [2.24, 2.45) is 0 Å². The molecule has 0 saturated carbocycles. The van der Waals surface area contributed by atoms with Gasteiger partial charge in [-0.05, 0) is 23.6 Å². The number of aldehydes is 1. The number of aryl methyl sites for hydroxylation is 1. The summed E-state index contributed by atoms with van der Waals surface area (Å²) in [6, 6.07) is 5.09. The summed E-state index contributed by atoms with van der Waals surface area (Å²) < 4.78 is 0. The Morgan fingerprint density at radius 3 is 2.69 bits per heavy atom. The van der Waals surface area contributed by atoms with Gasteiger partial charge in [-0.1, -0.05) is 13.0 Å². The number of carboxylic acids is 1. The third-order valence-corrected chi connectivity index (χ3v) is 2.29. The number of carboxylic acid groups (broad SMARTS) is 1. The van der Waals surface area contributed by atoms with Crippen molar-refractivity contribution in [2.45, 2.75) is 19.8 Å². The predicted molar refractivity (Wildman–Crippen MR) is 57.3 cm³/mol. The number of carbonyl (C=O) groups is 2. The average molecular weight is 217 g/mol. The van der Waals surface area contributed by atoms with E-state index in [2.05, 4.69) is 0 Å². The summed E-state index contributed by atoms with van der Waals surface area (Å²) in [6.45, 7) is 1.86. The number of hydrogen-bond acceptors (Lipinski definition) is 3. The number of nitriles is 1. The van der Waals surface area contributed by atoms with Gasteiger partial charge in [-0.25, -0.2) is 0 Å². The van der Waals surface area contributed by atoms with Gasteiger partial charge >= 0.3 is 5.97 Å². The Morgan fingerprint density at radius 2 is 2.25 bits per heavy atom. The molecule has 1 N–H and O–H groups in total. The molecule has 0 fully saturated rings. The normalized spacial score (nSPS) is 9.50. The maximum absolute atomic E-state index is 10.8. The smallest absolute Gasteiger partial charge is 0.307 e. The lowest BCUT2D eigenvalue weighted by Crippen LogP contribution is -2.04. The van der Waals surface area contributed by atoms with Gasteiger partial charge in [-0.2, -0.15) is 5.26 Å². The van der Waals surface area contributed by atoms with Crippen molar-refractivity contribution in [2.75, 3.05) is 0 Å². The second-order valence-electron chi connectivity index (χ2n) is 3.37. The van der Waals surface area contributed by atoms with E-state index < -0.39 is 5.97 Å². The number of rotatable bonds is 4. The summed E-state index contributed by atoms with van der Waals surface area (Å²) in [5, 5.41) is 17.6. The molecule has 16 heavy (non-hydrogen) atoms. The molecule has 1 aromatic rings. The summed E-state index contributed by atoms with van der Waals surface area (Å²) in [4.78, 5) is 21.4. The predicted octanol–water partition coefficient (Wildman–Crippen LogP) is 1.56. The van der Waals surface area contributed by atoms with Crippen molar-refractivity contribution in [3.8, 4) is 6.07 Å². The molecule has 1 aromatic carbocycles. The average Bonchev–Trinajstić information content (AvgIpc) is 2.26. The largest absolute Gasteiger partial charge is 0.481 e. The molecular formula is C12H11NO3. The summed E-state index contributed by atoms with van der Waals surface area (Å²) in [5.74, 6) is -0.955. The lowest BCUT2D eigenvalue weighted by atomic mass is 9.96. The molecule has 4 nitrogen and oxygen atoms in total. The molecule has 0 radical (unpaired) electrons. The summed E-state index contributed by atoms with van der Waals surface area (Å²) >= 11 is 0. The van der Waals surface area contributed by atoms with Gasteiger partial charge in [-0.15, -0.1) is 0 Å². The van der Waals surface area contributed by atoms with E-state index in [-0.39, 0.29) is 12.0 Å². The first kappa shape index (κ1) is 11.9. The van der Waals surface area contributed by atoms with Gasteiger partial charge in [0.2, 0.25) is 0 Å². The molecule has 4 heteroatoms. The van der Waals surface area contributed by atoms with Crippen molar-refractivity contribution < 1.29 is 14.7 Å². The summed E-state index contributed by atoms with van der Waals surface area (Å²) in [7, 11) is 0. The van der Waals surface area contributed by atoms with Crippen LogP contribution in [-0.2, 0) is 17.6 Å². The van der Waals surface area contributed by atoms with E-state index in [4.69, 9.17) is 10.4 Å². The van der Waals surface area contributed by atoms with Crippen LogP contribution in [0.3, 0.4) is 0 Å². The zero-order valence-electron chi connectivity index (χ0n) is 8.86. The van der Waals surface area contributed by atoms with Crippen LogP contribution in [-0.4, -0.2) is 17.4 Å². The highest BCUT2D eigenvalue weighted by molar-refractivity contribution is 5.81. The molecule has 1 rings (SSSR count). The van der Waals surface area contributed by atoms with Crippen LogP contribution in [0.15, 0.2) is 12.1 Å². The molecule has 0 aliphatic rings. The van der Waals surface area contributed by atoms with E-state index >= 15 is 0 Å². The van der Waals surface area contributed by atoms with E-state index in [1.54, 1.807) is 6.07 Å². The van der Waals surface area contributed by atoms with Crippen LogP contribution in [0.5, 0.6) is 0 Å². The van der Waals surface area contributed by atoms with E-state index in [0.29, 0.717) is 29.4 Å². The number of benzene rings is 1. The van der Waals surface area contributed by atoms with Crippen molar-refractivity contribution in [1.29, 1.82) is 5.26 Å². The number of nitrogens with zero attached hydrogens (tertiary/aromatic N) is 1. The second-order valence-corrected chi connectivity index (χ2v) is 3.37. The highest BCUT2D eigenvalue weighted by Crippen LogP contribution is 2.17. The highest BCUT2D eigenvalue weighted by atomic mass is 16.4. The summed E-state index contributed by atoms with van der Waals surface area (Å²) in [5.41, 5.74) is 1.86. The van der Waals surface area contributed by atoms with Gasteiger partial charge in [0.1, 0.15) is 6.07 Å². The van der Waals surface area contributed by atoms with E-state index in [0.717, 1.165) is 0 Å². The minimum Gasteiger partial charge on any atom is -0.481 e. The maximum atomic E-state index is 10.8. The lowest BCUT2D eigenvalue weighted by Gasteiger charge is -2.06. The molecule has 0 saturated heterocycles. The fourth-order valence-corrected chi connectivity index (χ4v) is 1.58. The Kier molecular flexibility index (Phi) is 3.78. The second kappa shape index (κ2) is 5.08. The molecule has 0 aromatic heterocycles. The Bertz CT molecular complexity index is 472. The van der Waals surface area contributed by atoms with Crippen molar-refractivity contribution in [1.82, 2.24) is 0 Å². The van der Waals surface area contributed by atoms with Crippen LogP contribution in [0.25, 0.3) is 0 Å². The maximum Gasteiger partial charge on any atom is 0.307 e. The van der Waals surface area contributed by atoms with Crippen molar-refractivity contribution in [3.63, 3.8) is 0 Å². The van der Waals surface area contributed by atoms with Crippen LogP contribution in [0, 0.1) is 11.3 Å². The van der Waals surface area contributed by atoms with Crippen LogP contribution < -0.4 is 0 Å². The Morgan fingerprint density at radius 1 is 1.56 bits per heavy atom. The Labute approximate surface area is 93.1 Å². The minimum atomic E-state index is -0.955. The quantitative estimate of drug-likeness (QED) is 0.776. The molecule has 0 aliphatic heterocycles. The molecule has 82 valence electrons. The number of hydrogen-bond donors (Lipinski definition) is 1. The summed E-state index contributed by atoms with van der Waals surface area (Å²) in [6.07, 6.45) is 1.04. The van der Waals surface area contributed by atoms with Crippen LogP contribution >= 0.6 is 0 Å². The van der Waals surface area contributed by atoms with Gasteiger partial charge in [0.05, 0.1) is 12.0 Å². The molecule has 0 heterocycles. The fraction of sp³-hybridized carbons (Fsp3) is 0.250. The molecular weight excluding hydrogens is 206 g/mol. The third-order valence-electron chi connectivity index (χ3n) is 2.29. The van der Waals surface area contributed by atoms with Crippen LogP contribution in [0.2, 0.25) is 0 Å². The number of aliphatic carboxylic acids is 1. The van der Waals surface area contributed by atoms with E-state index in [9.17, 15) is 9.59 Å². The van der Waals surface area contributed by atoms with E-state index in [1.165, 1.54) is 6.07 Å². The van der Waals surface area contributed by atoms with Gasteiger partial charge < -0.3 is 5.11 Å².